The molecule has 1 aromatic heterocycles. The zero-order valence-electron chi connectivity index (χ0n) is 18.2. The Morgan fingerprint density at radius 3 is 2.55 bits per heavy atom. The lowest BCUT2D eigenvalue weighted by Crippen LogP contribution is -2.54. The molecule has 0 amide bonds. The zero-order chi connectivity index (χ0) is 23.6. The molecule has 2 aliphatic rings. The lowest BCUT2D eigenvalue weighted by atomic mass is 9.56. The molecule has 176 valence electrons. The van der Waals surface area contributed by atoms with Gasteiger partial charge in [0.1, 0.15) is 11.3 Å². The molecule has 1 heterocycles. The molecular formula is C25H25F5N2O. The van der Waals surface area contributed by atoms with Crippen molar-refractivity contribution in [3.63, 3.8) is 0 Å². The Hall–Kier alpha value is -2.48. The second kappa shape index (κ2) is 7.52. The normalized spacial score (nSPS) is 27.8. The van der Waals surface area contributed by atoms with Crippen molar-refractivity contribution in [1.82, 2.24) is 9.78 Å². The summed E-state index contributed by atoms with van der Waals surface area (Å²) in [6.07, 6.45) is -1.74. The Morgan fingerprint density at radius 2 is 1.88 bits per heavy atom. The molecule has 3 nitrogen and oxygen atoms in total. The second-order valence-electron chi connectivity index (χ2n) is 9.52. The summed E-state index contributed by atoms with van der Waals surface area (Å²) in [7, 11) is 0. The quantitative estimate of drug-likeness (QED) is 0.447. The molecule has 3 aromatic rings. The maximum atomic E-state index is 16.0. The molecule has 0 spiro atoms. The summed E-state index contributed by atoms with van der Waals surface area (Å²) in [5, 5.41) is 15.3. The molecule has 3 atom stereocenters. The van der Waals surface area contributed by atoms with E-state index >= 15 is 4.39 Å². The van der Waals surface area contributed by atoms with Crippen molar-refractivity contribution in [3.05, 3.63) is 59.3 Å². The Balaban J connectivity index is 1.66. The summed E-state index contributed by atoms with van der Waals surface area (Å²) in [4.78, 5) is 0. The molecule has 1 saturated carbocycles. The Bertz CT molecular complexity index is 1200. The van der Waals surface area contributed by atoms with Crippen molar-refractivity contribution in [1.29, 1.82) is 0 Å². The minimum atomic E-state index is -4.69. The molecule has 33 heavy (non-hydrogen) atoms. The van der Waals surface area contributed by atoms with Crippen molar-refractivity contribution in [2.75, 3.05) is 0 Å². The molecule has 0 unspecified atom stereocenters. The van der Waals surface area contributed by atoms with Gasteiger partial charge in [0.2, 0.25) is 0 Å². The van der Waals surface area contributed by atoms with Crippen LogP contribution in [-0.2, 0) is 11.8 Å². The van der Waals surface area contributed by atoms with Gasteiger partial charge >= 0.3 is 6.18 Å². The number of alkyl halides is 3. The number of hydrogen-bond acceptors (Lipinski definition) is 2. The molecular weight excluding hydrogens is 439 g/mol. The first-order chi connectivity index (χ1) is 15.6. The van der Waals surface area contributed by atoms with Crippen molar-refractivity contribution in [2.24, 2.45) is 5.92 Å². The van der Waals surface area contributed by atoms with E-state index < -0.39 is 41.2 Å². The highest BCUT2D eigenvalue weighted by Crippen LogP contribution is 2.57. The van der Waals surface area contributed by atoms with Crippen LogP contribution >= 0.6 is 0 Å². The number of benzene rings is 2. The van der Waals surface area contributed by atoms with Crippen LogP contribution in [0.4, 0.5) is 22.0 Å². The van der Waals surface area contributed by atoms with Crippen LogP contribution in [-0.4, -0.2) is 26.7 Å². The van der Waals surface area contributed by atoms with E-state index in [4.69, 9.17) is 0 Å². The van der Waals surface area contributed by atoms with Gasteiger partial charge in [0.15, 0.2) is 11.4 Å². The molecule has 5 rings (SSSR count). The number of aliphatic hydroxyl groups is 1. The van der Waals surface area contributed by atoms with E-state index in [1.165, 1.54) is 28.9 Å². The SMILES string of the molecule is CC[C@@]12CC[C@@](O)(C(F)(F)F)C[C@@H]1CCCc1c2cc2cnn(-c3ccc(F)cc3)c2c1F. The highest BCUT2D eigenvalue weighted by atomic mass is 19.4. The molecule has 0 radical (unpaired) electrons. The molecule has 0 aliphatic heterocycles. The fraction of sp³-hybridized carbons (Fsp3) is 0.480. The van der Waals surface area contributed by atoms with Crippen LogP contribution in [0.3, 0.4) is 0 Å². The van der Waals surface area contributed by atoms with E-state index in [1.807, 2.05) is 13.0 Å². The van der Waals surface area contributed by atoms with Crippen LogP contribution in [0.25, 0.3) is 16.6 Å². The fourth-order valence-corrected chi connectivity index (χ4v) is 6.17. The van der Waals surface area contributed by atoms with E-state index in [9.17, 15) is 22.7 Å². The minimum Gasteiger partial charge on any atom is -0.380 e. The van der Waals surface area contributed by atoms with Gasteiger partial charge in [-0.15, -0.1) is 0 Å². The molecule has 1 fully saturated rings. The maximum absolute atomic E-state index is 16.0. The first-order valence-electron chi connectivity index (χ1n) is 11.3. The van der Waals surface area contributed by atoms with Crippen LogP contribution in [0, 0.1) is 17.6 Å². The fourth-order valence-electron chi connectivity index (χ4n) is 6.17. The van der Waals surface area contributed by atoms with Gasteiger partial charge in [0.25, 0.3) is 0 Å². The van der Waals surface area contributed by atoms with E-state index in [2.05, 4.69) is 5.10 Å². The molecule has 8 heteroatoms. The third kappa shape index (κ3) is 3.28. The molecule has 0 bridgehead atoms. The van der Waals surface area contributed by atoms with Gasteiger partial charge < -0.3 is 5.11 Å². The van der Waals surface area contributed by atoms with Crippen molar-refractivity contribution < 1.29 is 27.1 Å². The average molecular weight is 464 g/mol. The van der Waals surface area contributed by atoms with Gasteiger partial charge in [-0.1, -0.05) is 6.92 Å². The Labute approximate surface area is 188 Å². The number of rotatable bonds is 2. The molecule has 2 aromatic carbocycles. The van der Waals surface area contributed by atoms with Gasteiger partial charge in [-0.2, -0.15) is 18.3 Å². The third-order valence-corrected chi connectivity index (χ3v) is 7.99. The first-order valence-corrected chi connectivity index (χ1v) is 11.3. The maximum Gasteiger partial charge on any atom is 0.417 e. The van der Waals surface area contributed by atoms with E-state index in [1.54, 1.807) is 6.20 Å². The molecule has 0 saturated heterocycles. The molecule has 2 aliphatic carbocycles. The summed E-state index contributed by atoms with van der Waals surface area (Å²) in [5.74, 6) is -1.22. The van der Waals surface area contributed by atoms with Gasteiger partial charge in [-0.3, -0.25) is 0 Å². The van der Waals surface area contributed by atoms with E-state index in [0.29, 0.717) is 42.3 Å². The summed E-state index contributed by atoms with van der Waals surface area (Å²) < 4.78 is 71.7. The Kier molecular flexibility index (Phi) is 5.08. The lowest BCUT2D eigenvalue weighted by Gasteiger charge is -2.50. The van der Waals surface area contributed by atoms with Gasteiger partial charge in [-0.05, 0) is 97.7 Å². The van der Waals surface area contributed by atoms with E-state index in [-0.39, 0.29) is 18.4 Å². The summed E-state index contributed by atoms with van der Waals surface area (Å²) in [5.41, 5.74) is -1.25. The van der Waals surface area contributed by atoms with Crippen LogP contribution in [0.1, 0.15) is 56.6 Å². The number of hydrogen-bond donors (Lipinski definition) is 1. The van der Waals surface area contributed by atoms with Crippen LogP contribution < -0.4 is 0 Å². The number of aromatic nitrogens is 2. The first kappa shape index (κ1) is 22.3. The average Bonchev–Trinajstić information content (AvgIpc) is 3.12. The second-order valence-corrected chi connectivity index (χ2v) is 9.52. The number of halogens is 5. The predicted molar refractivity (Wildman–Crippen MR) is 114 cm³/mol. The summed E-state index contributed by atoms with van der Waals surface area (Å²) >= 11 is 0. The predicted octanol–water partition coefficient (Wildman–Crippen LogP) is 6.38. The van der Waals surface area contributed by atoms with Crippen LogP contribution in [0.15, 0.2) is 36.5 Å². The largest absolute Gasteiger partial charge is 0.417 e. The van der Waals surface area contributed by atoms with Crippen molar-refractivity contribution in [2.45, 2.75) is 69.1 Å². The van der Waals surface area contributed by atoms with Crippen molar-refractivity contribution >= 4 is 10.9 Å². The topological polar surface area (TPSA) is 38.1 Å². The smallest absolute Gasteiger partial charge is 0.380 e. The van der Waals surface area contributed by atoms with Gasteiger partial charge in [-0.25, -0.2) is 13.5 Å². The standard InChI is InChI=1S/C25H25F5N2O/c1-2-23-10-11-24(33,25(28,29)30)13-16(23)4-3-5-19-20(23)12-15-14-31-32(22(15)21(19)27)18-8-6-17(26)7-9-18/h6-9,12,14,16,33H,2-5,10-11,13H2,1H3/t16-,23+,24-/m0/s1. The van der Waals surface area contributed by atoms with Crippen LogP contribution in [0.2, 0.25) is 0 Å². The Morgan fingerprint density at radius 1 is 1.15 bits per heavy atom. The summed E-state index contributed by atoms with van der Waals surface area (Å²) in [6, 6.07) is 7.49. The zero-order valence-corrected chi connectivity index (χ0v) is 18.2. The van der Waals surface area contributed by atoms with Crippen molar-refractivity contribution in [3.8, 4) is 5.69 Å². The minimum absolute atomic E-state index is 0.147. The lowest BCUT2D eigenvalue weighted by molar-refractivity contribution is -0.279. The van der Waals surface area contributed by atoms with Gasteiger partial charge in [0, 0.05) is 5.39 Å². The number of nitrogens with zero attached hydrogens (tertiary/aromatic N) is 2. The highest BCUT2D eigenvalue weighted by Gasteiger charge is 2.60. The van der Waals surface area contributed by atoms with Gasteiger partial charge in [0.05, 0.1) is 11.9 Å². The van der Waals surface area contributed by atoms with E-state index in [0.717, 1.165) is 5.56 Å². The highest BCUT2D eigenvalue weighted by molar-refractivity contribution is 5.83. The monoisotopic (exact) mass is 464 g/mol. The number of fused-ring (bicyclic) bond motifs is 4. The third-order valence-electron chi connectivity index (χ3n) is 7.99. The van der Waals surface area contributed by atoms with Crippen LogP contribution in [0.5, 0.6) is 0 Å². The molecule has 1 N–H and O–H groups in total. The summed E-state index contributed by atoms with van der Waals surface area (Å²) in [6.45, 7) is 1.93.